The number of pyridine rings is 3. The molecule has 0 unspecified atom stereocenters. The van der Waals surface area contributed by atoms with Gasteiger partial charge in [-0.15, -0.1) is 0 Å². The second-order valence-corrected chi connectivity index (χ2v) is 14.6. The molecule has 11 rings (SSSR count). The molecule has 0 saturated heterocycles. The molecule has 0 radical (unpaired) electrons. The van der Waals surface area contributed by atoms with Gasteiger partial charge in [0.15, 0.2) is 0 Å². The molecule has 0 aliphatic carbocycles. The smallest absolute Gasteiger partial charge is 0.336 e. The summed E-state index contributed by atoms with van der Waals surface area (Å²) in [5.74, 6) is -0.918. The molecule has 280 valence electrons. The number of nitrogens with zero attached hydrogens (tertiary/aromatic N) is 3. The Hall–Kier alpha value is -7.96. The molecule has 3 heterocycles. The fourth-order valence-corrected chi connectivity index (χ4v) is 8.61. The van der Waals surface area contributed by atoms with E-state index < -0.39 is 5.97 Å². The van der Waals surface area contributed by atoms with E-state index in [4.69, 9.17) is 0 Å². The molecule has 0 bridgehead atoms. The van der Waals surface area contributed by atoms with Crippen molar-refractivity contribution in [1.82, 2.24) is 14.5 Å². The van der Waals surface area contributed by atoms with Crippen molar-refractivity contribution in [1.29, 1.82) is 0 Å². The van der Waals surface area contributed by atoms with Crippen LogP contribution < -0.4 is 5.56 Å². The highest BCUT2D eigenvalue weighted by molar-refractivity contribution is 6.26. The lowest BCUT2D eigenvalue weighted by Crippen LogP contribution is -2.19. The fraction of sp³-hybridized carbons (Fsp3) is 0.0189. The van der Waals surface area contributed by atoms with Gasteiger partial charge in [0.05, 0.1) is 16.8 Å². The van der Waals surface area contributed by atoms with Gasteiger partial charge in [0.1, 0.15) is 0 Å². The predicted molar refractivity (Wildman–Crippen MR) is 241 cm³/mol. The molecule has 0 saturated carbocycles. The minimum Gasteiger partial charge on any atom is -0.478 e. The Bertz CT molecular complexity index is 3470. The van der Waals surface area contributed by atoms with E-state index in [1.807, 2.05) is 97.1 Å². The normalized spacial score (nSPS) is 11.3. The highest BCUT2D eigenvalue weighted by atomic mass is 16.4. The van der Waals surface area contributed by atoms with Gasteiger partial charge in [0.25, 0.3) is 5.56 Å². The van der Waals surface area contributed by atoms with Crippen molar-refractivity contribution >= 4 is 70.7 Å². The summed E-state index contributed by atoms with van der Waals surface area (Å²) >= 11 is 0. The van der Waals surface area contributed by atoms with Crippen LogP contribution >= 0.6 is 0 Å². The molecule has 3 aromatic heterocycles. The van der Waals surface area contributed by atoms with Crippen LogP contribution in [0.1, 0.15) is 21.5 Å². The van der Waals surface area contributed by atoms with Crippen molar-refractivity contribution in [2.75, 3.05) is 0 Å². The van der Waals surface area contributed by atoms with Crippen LogP contribution in [0.25, 0.3) is 81.6 Å². The number of hydrogen-bond donors (Lipinski definition) is 1. The van der Waals surface area contributed by atoms with Gasteiger partial charge in [-0.1, -0.05) is 127 Å². The van der Waals surface area contributed by atoms with Gasteiger partial charge in [-0.2, -0.15) is 0 Å². The average Bonchev–Trinajstić information content (AvgIpc) is 3.29. The third-order valence-corrected chi connectivity index (χ3v) is 11.3. The Labute approximate surface area is 338 Å². The molecule has 0 aliphatic rings. The van der Waals surface area contributed by atoms with Gasteiger partial charge in [-0.05, 0) is 109 Å². The summed E-state index contributed by atoms with van der Waals surface area (Å²) in [5.41, 5.74) is 6.03. The van der Waals surface area contributed by atoms with E-state index in [0.29, 0.717) is 12.0 Å². The van der Waals surface area contributed by atoms with Crippen LogP contribution in [0.3, 0.4) is 0 Å². The quantitative estimate of drug-likeness (QED) is 0.177. The van der Waals surface area contributed by atoms with E-state index in [-0.39, 0.29) is 5.56 Å². The number of carboxylic acids is 1. The average molecular weight is 762 g/mol. The zero-order valence-electron chi connectivity index (χ0n) is 31.8. The molecule has 6 heteroatoms. The molecule has 8 aromatic carbocycles. The first kappa shape index (κ1) is 35.5. The van der Waals surface area contributed by atoms with Crippen molar-refractivity contribution in [3.63, 3.8) is 0 Å². The summed E-state index contributed by atoms with van der Waals surface area (Å²) in [6.07, 6.45) is 7.72. The van der Waals surface area contributed by atoms with Crippen LogP contribution in [0.15, 0.2) is 199 Å². The van der Waals surface area contributed by atoms with Gasteiger partial charge in [0.2, 0.25) is 0 Å². The zero-order valence-corrected chi connectivity index (χ0v) is 31.8. The largest absolute Gasteiger partial charge is 0.478 e. The van der Waals surface area contributed by atoms with Crippen molar-refractivity contribution in [2.45, 2.75) is 6.42 Å². The Morgan fingerprint density at radius 2 is 0.966 bits per heavy atom. The van der Waals surface area contributed by atoms with Gasteiger partial charge in [-0.3, -0.25) is 19.3 Å². The SMILES string of the molecule is O=C(O)c1ccc2ccccc2c1-c1c(Cc2ccncc2)ccc2ccccc12.O=c1c2ccc3ccccc3c2c2c3ccccc3ccc2n1-c1ccncc1. The van der Waals surface area contributed by atoms with E-state index in [1.54, 1.807) is 35.4 Å². The Kier molecular flexibility index (Phi) is 8.92. The van der Waals surface area contributed by atoms with Crippen LogP contribution in [0.4, 0.5) is 0 Å². The third-order valence-electron chi connectivity index (χ3n) is 11.3. The first-order chi connectivity index (χ1) is 29.0. The number of hydrogen-bond acceptors (Lipinski definition) is 4. The van der Waals surface area contributed by atoms with E-state index in [0.717, 1.165) is 92.7 Å². The lowest BCUT2D eigenvalue weighted by molar-refractivity contribution is 0.0698. The summed E-state index contributed by atoms with van der Waals surface area (Å²) in [6.45, 7) is 0. The molecular weight excluding hydrogens is 727 g/mol. The highest BCUT2D eigenvalue weighted by Gasteiger charge is 2.21. The van der Waals surface area contributed by atoms with Crippen LogP contribution in [-0.4, -0.2) is 25.6 Å². The van der Waals surface area contributed by atoms with Crippen molar-refractivity contribution < 1.29 is 9.90 Å². The monoisotopic (exact) mass is 761 g/mol. The summed E-state index contributed by atoms with van der Waals surface area (Å²) in [5, 5.41) is 21.6. The number of carbonyl (C=O) groups is 1. The lowest BCUT2D eigenvalue weighted by Gasteiger charge is -2.18. The number of benzene rings is 8. The molecular formula is C53H35N3O3. The highest BCUT2D eigenvalue weighted by Crippen LogP contribution is 2.40. The molecule has 0 spiro atoms. The summed E-state index contributed by atoms with van der Waals surface area (Å²) in [6, 6.07) is 56.5. The van der Waals surface area contributed by atoms with Gasteiger partial charge < -0.3 is 5.11 Å². The van der Waals surface area contributed by atoms with E-state index >= 15 is 0 Å². The lowest BCUT2D eigenvalue weighted by atomic mass is 9.85. The third kappa shape index (κ3) is 6.24. The minimum atomic E-state index is -0.918. The molecule has 59 heavy (non-hydrogen) atoms. The van der Waals surface area contributed by atoms with Crippen molar-refractivity contribution in [3.8, 4) is 16.8 Å². The van der Waals surface area contributed by atoms with E-state index in [1.165, 1.54) is 0 Å². The molecule has 0 fully saturated rings. The minimum absolute atomic E-state index is 0.0141. The van der Waals surface area contributed by atoms with Crippen LogP contribution in [0.5, 0.6) is 0 Å². The molecule has 11 aromatic rings. The van der Waals surface area contributed by atoms with Crippen LogP contribution in [0.2, 0.25) is 0 Å². The number of carboxylic acid groups (broad SMARTS) is 1. The van der Waals surface area contributed by atoms with Gasteiger partial charge in [0, 0.05) is 46.5 Å². The van der Waals surface area contributed by atoms with Crippen LogP contribution in [-0.2, 0) is 6.42 Å². The maximum absolute atomic E-state index is 13.7. The molecule has 0 atom stereocenters. The van der Waals surface area contributed by atoms with E-state index in [9.17, 15) is 14.7 Å². The first-order valence-corrected chi connectivity index (χ1v) is 19.5. The maximum atomic E-state index is 13.7. The van der Waals surface area contributed by atoms with E-state index in [2.05, 4.69) is 76.7 Å². The molecule has 0 aliphatic heterocycles. The van der Waals surface area contributed by atoms with Gasteiger partial charge in [-0.25, -0.2) is 4.79 Å². The summed E-state index contributed by atoms with van der Waals surface area (Å²) in [7, 11) is 0. The predicted octanol–water partition coefficient (Wildman–Crippen LogP) is 12.2. The summed E-state index contributed by atoms with van der Waals surface area (Å²) < 4.78 is 1.81. The Balaban J connectivity index is 0.000000143. The number of aromatic nitrogens is 3. The molecule has 1 N–H and O–H groups in total. The molecule has 0 amide bonds. The second-order valence-electron chi connectivity index (χ2n) is 14.6. The first-order valence-electron chi connectivity index (χ1n) is 19.5. The van der Waals surface area contributed by atoms with Crippen molar-refractivity contribution in [2.24, 2.45) is 0 Å². The van der Waals surface area contributed by atoms with Crippen molar-refractivity contribution in [3.05, 3.63) is 222 Å². The number of aromatic carboxylic acids is 1. The van der Waals surface area contributed by atoms with Gasteiger partial charge >= 0.3 is 5.97 Å². The Morgan fingerprint density at radius 3 is 1.59 bits per heavy atom. The maximum Gasteiger partial charge on any atom is 0.336 e. The Morgan fingerprint density at radius 1 is 0.475 bits per heavy atom. The standard InChI is InChI=1S/C27H19NO2.C26H16N2O/c29-27(30)24-12-11-20-6-2-4-8-23(20)26(24)25-21(17-18-13-15-28-16-14-18)10-9-19-5-1-3-7-22(19)25;29-26-22-11-9-17-5-1-3-7-20(17)24(22)25-21-8-4-2-6-18(21)10-12-23(25)28(26)19-13-15-27-16-14-19/h1-16H,17H2,(H,29,30);1-16H. The summed E-state index contributed by atoms with van der Waals surface area (Å²) in [4.78, 5) is 34.1. The molecule has 6 nitrogen and oxygen atoms in total. The second kappa shape index (κ2) is 14.8. The number of fused-ring (bicyclic) bond motifs is 9. The fourth-order valence-electron chi connectivity index (χ4n) is 8.61. The number of rotatable bonds is 5. The topological polar surface area (TPSA) is 85.1 Å². The zero-order chi connectivity index (χ0) is 39.9. The van der Waals surface area contributed by atoms with Crippen LogP contribution in [0, 0.1) is 0 Å².